The Kier molecular flexibility index (Phi) is 3.29. The summed E-state index contributed by atoms with van der Waals surface area (Å²) < 4.78 is 14.4. The molecule has 1 aromatic carbocycles. The molecule has 0 aliphatic carbocycles. The van der Waals surface area contributed by atoms with E-state index in [2.05, 4.69) is 0 Å². The maximum Gasteiger partial charge on any atom is 0.347 e. The van der Waals surface area contributed by atoms with Crippen molar-refractivity contribution in [3.05, 3.63) is 55.9 Å². The van der Waals surface area contributed by atoms with Gasteiger partial charge in [-0.3, -0.25) is 9.36 Å². The van der Waals surface area contributed by atoms with Crippen LogP contribution in [0.4, 0.5) is 4.39 Å². The third kappa shape index (κ3) is 2.33. The maximum atomic E-state index is 13.0. The fourth-order valence-corrected chi connectivity index (χ4v) is 2.51. The van der Waals surface area contributed by atoms with Crippen molar-refractivity contribution in [2.75, 3.05) is 0 Å². The van der Waals surface area contributed by atoms with Crippen LogP contribution in [0, 0.1) is 12.7 Å². The van der Waals surface area contributed by atoms with Crippen molar-refractivity contribution in [2.24, 2.45) is 0 Å². The van der Waals surface area contributed by atoms with Crippen LogP contribution in [0.5, 0.6) is 0 Å². The van der Waals surface area contributed by atoms with Crippen molar-refractivity contribution >= 4 is 17.3 Å². The summed E-state index contributed by atoms with van der Waals surface area (Å²) in [4.78, 5) is 22.2. The molecule has 0 saturated carbocycles. The topological polar surface area (TPSA) is 59.3 Å². The number of hydrogen-bond donors (Lipinski definition) is 1. The highest BCUT2D eigenvalue weighted by atomic mass is 32.1. The molecule has 1 heterocycles. The normalized spacial score (nSPS) is 10.6. The molecule has 2 aromatic rings. The van der Waals surface area contributed by atoms with Gasteiger partial charge < -0.3 is 5.11 Å². The molecular weight excluding hydrogens is 257 g/mol. The number of carboxylic acids is 1. The Balaban J connectivity index is 2.41. The van der Waals surface area contributed by atoms with Gasteiger partial charge in [-0.25, -0.2) is 9.18 Å². The van der Waals surface area contributed by atoms with Crippen LogP contribution < -0.4 is 4.87 Å². The predicted octanol–water partition coefficient (Wildman–Crippen LogP) is 2.10. The Hall–Kier alpha value is -1.95. The Labute approximate surface area is 106 Å². The van der Waals surface area contributed by atoms with E-state index >= 15 is 0 Å². The number of rotatable bonds is 3. The number of aromatic carboxylic acids is 1. The van der Waals surface area contributed by atoms with E-state index in [9.17, 15) is 14.0 Å². The van der Waals surface area contributed by atoms with E-state index in [0.717, 1.165) is 0 Å². The quantitative estimate of drug-likeness (QED) is 0.926. The monoisotopic (exact) mass is 267 g/mol. The minimum absolute atomic E-state index is 0.0244. The van der Waals surface area contributed by atoms with Gasteiger partial charge in [-0.15, -0.1) is 0 Å². The third-order valence-corrected chi connectivity index (χ3v) is 3.64. The number of hydrogen-bond acceptors (Lipinski definition) is 3. The summed E-state index contributed by atoms with van der Waals surface area (Å²) in [5.74, 6) is -1.50. The lowest BCUT2D eigenvalue weighted by atomic mass is 10.2. The molecule has 0 aliphatic rings. The zero-order chi connectivity index (χ0) is 13.3. The molecule has 0 radical (unpaired) electrons. The van der Waals surface area contributed by atoms with Gasteiger partial charge in [-0.05, 0) is 24.6 Å². The smallest absolute Gasteiger partial charge is 0.347 e. The summed E-state index contributed by atoms with van der Waals surface area (Å²) in [6.45, 7) is 1.74. The van der Waals surface area contributed by atoms with Gasteiger partial charge in [-0.1, -0.05) is 23.5 Å². The number of benzene rings is 1. The van der Waals surface area contributed by atoms with E-state index in [1.54, 1.807) is 19.1 Å². The lowest BCUT2D eigenvalue weighted by Crippen LogP contribution is -2.15. The van der Waals surface area contributed by atoms with Crippen molar-refractivity contribution in [1.29, 1.82) is 0 Å². The third-order valence-electron chi connectivity index (χ3n) is 2.57. The molecule has 0 aliphatic heterocycles. The fourth-order valence-electron chi connectivity index (χ4n) is 1.68. The summed E-state index contributed by atoms with van der Waals surface area (Å²) in [6, 6.07) is 5.88. The first-order valence-corrected chi connectivity index (χ1v) is 5.98. The van der Waals surface area contributed by atoms with Gasteiger partial charge in [0, 0.05) is 5.69 Å². The van der Waals surface area contributed by atoms with Crippen LogP contribution in [0.15, 0.2) is 29.1 Å². The highest BCUT2D eigenvalue weighted by Crippen LogP contribution is 2.14. The Morgan fingerprint density at radius 3 is 2.78 bits per heavy atom. The molecule has 1 N–H and O–H groups in total. The van der Waals surface area contributed by atoms with Gasteiger partial charge in [0.15, 0.2) is 0 Å². The average molecular weight is 267 g/mol. The highest BCUT2D eigenvalue weighted by molar-refractivity contribution is 7.11. The maximum absolute atomic E-state index is 13.0. The van der Waals surface area contributed by atoms with E-state index in [1.807, 2.05) is 0 Å². The average Bonchev–Trinajstić information content (AvgIpc) is 2.57. The fraction of sp³-hybridized carbons (Fsp3) is 0.167. The summed E-state index contributed by atoms with van der Waals surface area (Å²) >= 11 is 0.687. The zero-order valence-electron chi connectivity index (χ0n) is 9.51. The molecule has 2 rings (SSSR count). The molecular formula is C12H10FNO3S. The molecule has 4 nitrogen and oxygen atoms in total. The molecule has 0 unspecified atom stereocenters. The van der Waals surface area contributed by atoms with Crippen molar-refractivity contribution in [1.82, 2.24) is 4.57 Å². The number of halogens is 1. The lowest BCUT2D eigenvalue weighted by Gasteiger charge is -2.05. The van der Waals surface area contributed by atoms with Crippen molar-refractivity contribution in [3.63, 3.8) is 0 Å². The molecule has 6 heteroatoms. The minimum Gasteiger partial charge on any atom is -0.477 e. The molecule has 0 atom stereocenters. The second-order valence-corrected chi connectivity index (χ2v) is 4.77. The van der Waals surface area contributed by atoms with Crippen molar-refractivity contribution in [3.8, 4) is 0 Å². The standard InChI is InChI=1S/C12H10FNO3S/c1-7-10(11(15)16)18-12(17)14(7)6-8-3-2-4-9(13)5-8/h2-5H,6H2,1H3,(H,15,16). The Bertz CT molecular complexity index is 660. The van der Waals surface area contributed by atoms with Crippen LogP contribution in [0.2, 0.25) is 0 Å². The van der Waals surface area contributed by atoms with Crippen LogP contribution in [-0.4, -0.2) is 15.6 Å². The van der Waals surface area contributed by atoms with E-state index in [0.29, 0.717) is 22.6 Å². The Morgan fingerprint density at radius 1 is 1.50 bits per heavy atom. The van der Waals surface area contributed by atoms with Crippen molar-refractivity contribution < 1.29 is 14.3 Å². The second kappa shape index (κ2) is 4.73. The van der Waals surface area contributed by atoms with Gasteiger partial charge in [0.2, 0.25) is 0 Å². The van der Waals surface area contributed by atoms with E-state index in [-0.39, 0.29) is 22.1 Å². The molecule has 0 fully saturated rings. The van der Waals surface area contributed by atoms with Gasteiger partial charge in [-0.2, -0.15) is 0 Å². The number of carbonyl (C=O) groups is 1. The number of aromatic nitrogens is 1. The Morgan fingerprint density at radius 2 is 2.22 bits per heavy atom. The zero-order valence-corrected chi connectivity index (χ0v) is 10.3. The highest BCUT2D eigenvalue weighted by Gasteiger charge is 2.16. The molecule has 0 amide bonds. The van der Waals surface area contributed by atoms with Gasteiger partial charge in [0.1, 0.15) is 10.7 Å². The molecule has 1 aromatic heterocycles. The van der Waals surface area contributed by atoms with Crippen LogP contribution >= 0.6 is 11.3 Å². The first kappa shape index (κ1) is 12.5. The summed E-state index contributed by atoms with van der Waals surface area (Å²) in [7, 11) is 0. The van der Waals surface area contributed by atoms with Crippen LogP contribution in [0.3, 0.4) is 0 Å². The lowest BCUT2D eigenvalue weighted by molar-refractivity contribution is 0.0700. The molecule has 18 heavy (non-hydrogen) atoms. The van der Waals surface area contributed by atoms with E-state index in [4.69, 9.17) is 5.11 Å². The van der Waals surface area contributed by atoms with Crippen LogP contribution in [0.1, 0.15) is 20.9 Å². The van der Waals surface area contributed by atoms with Crippen LogP contribution in [0.25, 0.3) is 0 Å². The number of carboxylic acid groups (broad SMARTS) is 1. The second-order valence-electron chi connectivity index (χ2n) is 3.80. The first-order valence-electron chi connectivity index (χ1n) is 5.17. The number of nitrogens with zero attached hydrogens (tertiary/aromatic N) is 1. The molecule has 0 saturated heterocycles. The van der Waals surface area contributed by atoms with Gasteiger partial charge >= 0.3 is 10.8 Å². The van der Waals surface area contributed by atoms with Crippen LogP contribution in [-0.2, 0) is 6.54 Å². The molecule has 94 valence electrons. The predicted molar refractivity (Wildman–Crippen MR) is 65.8 cm³/mol. The molecule has 0 bridgehead atoms. The minimum atomic E-state index is -1.12. The first-order chi connectivity index (χ1) is 8.49. The van der Waals surface area contributed by atoms with Crippen molar-refractivity contribution in [2.45, 2.75) is 13.5 Å². The van der Waals surface area contributed by atoms with E-state index < -0.39 is 5.97 Å². The largest absolute Gasteiger partial charge is 0.477 e. The summed E-state index contributed by atoms with van der Waals surface area (Å²) in [5.41, 5.74) is 1.01. The van der Waals surface area contributed by atoms with Gasteiger partial charge in [0.25, 0.3) is 0 Å². The summed E-state index contributed by atoms with van der Waals surface area (Å²) in [6.07, 6.45) is 0. The van der Waals surface area contributed by atoms with E-state index in [1.165, 1.54) is 16.7 Å². The SMILES string of the molecule is Cc1c(C(=O)O)sc(=O)n1Cc1cccc(F)c1. The number of thiazole rings is 1. The molecule has 0 spiro atoms. The summed E-state index contributed by atoms with van der Waals surface area (Å²) in [5, 5.41) is 8.91. The van der Waals surface area contributed by atoms with Gasteiger partial charge in [0.05, 0.1) is 6.54 Å².